The molecule has 1 aromatic carbocycles. The number of carbonyl (C=O) groups is 3. The number of nitrogens with zero attached hydrogens (tertiary/aromatic N) is 1. The summed E-state index contributed by atoms with van der Waals surface area (Å²) in [6, 6.07) is 1.98. The summed E-state index contributed by atoms with van der Waals surface area (Å²) >= 11 is 0.718. The van der Waals surface area contributed by atoms with Gasteiger partial charge in [-0.2, -0.15) is 0 Å². The Labute approximate surface area is 154 Å². The fraction of sp³-hybridized carbons (Fsp3) is 0.353. The minimum Gasteiger partial charge on any atom is -0.502 e. The molecule has 0 radical (unpaired) electrons. The molecule has 1 heterocycles. The van der Waals surface area contributed by atoms with E-state index >= 15 is 0 Å². The van der Waals surface area contributed by atoms with Crippen molar-refractivity contribution in [3.8, 4) is 17.2 Å². The van der Waals surface area contributed by atoms with Crippen molar-refractivity contribution in [3.63, 3.8) is 0 Å². The van der Waals surface area contributed by atoms with Crippen molar-refractivity contribution in [1.82, 2.24) is 4.90 Å². The van der Waals surface area contributed by atoms with Crippen molar-refractivity contribution in [1.29, 1.82) is 0 Å². The lowest BCUT2D eigenvalue weighted by molar-refractivity contribution is -0.150. The number of ether oxygens (including phenoxy) is 3. The van der Waals surface area contributed by atoms with Gasteiger partial charge in [0.2, 0.25) is 5.75 Å². The van der Waals surface area contributed by atoms with E-state index in [2.05, 4.69) is 0 Å². The van der Waals surface area contributed by atoms with Crippen molar-refractivity contribution < 1.29 is 33.7 Å². The molecule has 1 aliphatic heterocycles. The van der Waals surface area contributed by atoms with Crippen molar-refractivity contribution in [3.05, 3.63) is 22.6 Å². The van der Waals surface area contributed by atoms with Crippen LogP contribution >= 0.6 is 11.8 Å². The molecule has 0 unspecified atom stereocenters. The summed E-state index contributed by atoms with van der Waals surface area (Å²) < 4.78 is 15.0. The summed E-state index contributed by atoms with van der Waals surface area (Å²) in [7, 11) is 2.76. The van der Waals surface area contributed by atoms with Crippen molar-refractivity contribution in [2.75, 3.05) is 20.8 Å². The second-order valence-corrected chi connectivity index (χ2v) is 6.25. The number of amides is 2. The fourth-order valence-corrected chi connectivity index (χ4v) is 3.24. The first kappa shape index (κ1) is 19.6. The van der Waals surface area contributed by atoms with Crippen LogP contribution in [0.1, 0.15) is 19.4 Å². The van der Waals surface area contributed by atoms with Crippen LogP contribution in [0, 0.1) is 0 Å². The number of benzene rings is 1. The number of hydrogen-bond acceptors (Lipinski definition) is 8. The SMILES string of the molecule is CCOC(=O)[C@@H](C)N1C(=O)S/C(=C/c2cc(OC)c(O)c(OC)c2)C1=O. The monoisotopic (exact) mass is 381 g/mol. The minimum atomic E-state index is -1.02. The van der Waals surface area contributed by atoms with Crippen LogP contribution in [-0.4, -0.2) is 54.0 Å². The minimum absolute atomic E-state index is 0.140. The van der Waals surface area contributed by atoms with E-state index in [4.69, 9.17) is 14.2 Å². The number of imide groups is 1. The predicted molar refractivity (Wildman–Crippen MR) is 95.1 cm³/mol. The molecule has 0 spiro atoms. The van der Waals surface area contributed by atoms with E-state index in [1.807, 2.05) is 0 Å². The molecule has 1 aromatic rings. The van der Waals surface area contributed by atoms with Crippen LogP contribution < -0.4 is 9.47 Å². The number of carbonyl (C=O) groups excluding carboxylic acids is 3. The van der Waals surface area contributed by atoms with Crippen LogP contribution in [0.3, 0.4) is 0 Å². The Bertz CT molecular complexity index is 749. The molecule has 26 heavy (non-hydrogen) atoms. The third-order valence-corrected chi connectivity index (χ3v) is 4.52. The Morgan fingerprint density at radius 2 is 1.85 bits per heavy atom. The maximum atomic E-state index is 12.5. The van der Waals surface area contributed by atoms with Gasteiger partial charge in [0.25, 0.3) is 11.1 Å². The van der Waals surface area contributed by atoms with Gasteiger partial charge in [0.15, 0.2) is 11.5 Å². The number of hydrogen-bond donors (Lipinski definition) is 1. The van der Waals surface area contributed by atoms with Gasteiger partial charge in [-0.15, -0.1) is 0 Å². The van der Waals surface area contributed by atoms with Crippen LogP contribution in [0.2, 0.25) is 0 Å². The predicted octanol–water partition coefficient (Wildman–Crippen LogP) is 2.40. The van der Waals surface area contributed by atoms with Gasteiger partial charge >= 0.3 is 5.97 Å². The maximum absolute atomic E-state index is 12.5. The van der Waals surface area contributed by atoms with Gasteiger partial charge in [-0.25, -0.2) is 4.79 Å². The molecule has 8 nitrogen and oxygen atoms in total. The van der Waals surface area contributed by atoms with Gasteiger partial charge in [-0.1, -0.05) is 0 Å². The average Bonchev–Trinajstić information content (AvgIpc) is 2.89. The lowest BCUT2D eigenvalue weighted by Gasteiger charge is -2.19. The Hall–Kier alpha value is -2.68. The largest absolute Gasteiger partial charge is 0.502 e. The molecule has 1 aliphatic rings. The summed E-state index contributed by atoms with van der Waals surface area (Å²) in [6.45, 7) is 3.23. The average molecular weight is 381 g/mol. The lowest BCUT2D eigenvalue weighted by Crippen LogP contribution is -2.42. The van der Waals surface area contributed by atoms with Gasteiger partial charge in [0.1, 0.15) is 6.04 Å². The standard InChI is InChI=1S/C17H19NO7S/c1-5-25-16(21)9(2)18-15(20)13(26-17(18)22)8-10-6-11(23-3)14(19)12(7-10)24-4/h6-9,19H,5H2,1-4H3/b13-8+/t9-/m1/s1. The summed E-state index contributed by atoms with van der Waals surface area (Å²) in [4.78, 5) is 37.5. The molecule has 0 saturated carbocycles. The van der Waals surface area contributed by atoms with Crippen LogP contribution in [0.25, 0.3) is 6.08 Å². The number of esters is 1. The first-order valence-electron chi connectivity index (χ1n) is 7.72. The quantitative estimate of drug-likeness (QED) is 0.592. The Morgan fingerprint density at radius 1 is 1.27 bits per heavy atom. The smallest absolute Gasteiger partial charge is 0.329 e. The van der Waals surface area contributed by atoms with Gasteiger partial charge < -0.3 is 19.3 Å². The van der Waals surface area contributed by atoms with Gasteiger partial charge in [-0.3, -0.25) is 14.5 Å². The first-order valence-corrected chi connectivity index (χ1v) is 8.54. The molecule has 0 aliphatic carbocycles. The second kappa shape index (κ2) is 8.13. The van der Waals surface area contributed by atoms with Gasteiger partial charge in [0, 0.05) is 0 Å². The van der Waals surface area contributed by atoms with E-state index < -0.39 is 23.2 Å². The first-order chi connectivity index (χ1) is 12.3. The highest BCUT2D eigenvalue weighted by molar-refractivity contribution is 8.18. The maximum Gasteiger partial charge on any atom is 0.329 e. The third-order valence-electron chi connectivity index (χ3n) is 3.64. The number of rotatable bonds is 6. The van der Waals surface area contributed by atoms with Crippen molar-refractivity contribution in [2.45, 2.75) is 19.9 Å². The Kier molecular flexibility index (Phi) is 6.14. The molecule has 0 aromatic heterocycles. The summed E-state index contributed by atoms with van der Waals surface area (Å²) in [5.74, 6) is -1.09. The zero-order chi connectivity index (χ0) is 19.4. The molecule has 0 bridgehead atoms. The molecular weight excluding hydrogens is 362 g/mol. The molecular formula is C17H19NO7S. The number of phenols is 1. The van der Waals surface area contributed by atoms with E-state index in [0.29, 0.717) is 5.56 Å². The molecule has 1 saturated heterocycles. The number of thioether (sulfide) groups is 1. The molecule has 140 valence electrons. The van der Waals surface area contributed by atoms with E-state index in [-0.39, 0.29) is 28.8 Å². The highest BCUT2D eigenvalue weighted by Gasteiger charge is 2.41. The van der Waals surface area contributed by atoms with Gasteiger partial charge in [0.05, 0.1) is 25.7 Å². The zero-order valence-electron chi connectivity index (χ0n) is 14.8. The van der Waals surface area contributed by atoms with E-state index in [0.717, 1.165) is 16.7 Å². The second-order valence-electron chi connectivity index (χ2n) is 5.25. The molecule has 9 heteroatoms. The number of phenolic OH excluding ortho intramolecular Hbond substituents is 1. The third kappa shape index (κ3) is 3.77. The fourth-order valence-electron chi connectivity index (χ4n) is 2.33. The van der Waals surface area contributed by atoms with Crippen LogP contribution in [0.15, 0.2) is 17.0 Å². The normalized spacial score (nSPS) is 16.8. The summed E-state index contributed by atoms with van der Waals surface area (Å²) in [5.41, 5.74) is 0.491. The molecule has 2 amide bonds. The van der Waals surface area contributed by atoms with E-state index in [1.165, 1.54) is 39.4 Å². The highest BCUT2D eigenvalue weighted by atomic mass is 32.2. The van der Waals surface area contributed by atoms with E-state index in [1.54, 1.807) is 6.92 Å². The number of methoxy groups -OCH3 is 2. The van der Waals surface area contributed by atoms with Gasteiger partial charge in [-0.05, 0) is 49.4 Å². The molecule has 1 N–H and O–H groups in total. The van der Waals surface area contributed by atoms with Crippen molar-refractivity contribution >= 4 is 35.0 Å². The van der Waals surface area contributed by atoms with Crippen LogP contribution in [0.5, 0.6) is 17.2 Å². The van der Waals surface area contributed by atoms with E-state index in [9.17, 15) is 19.5 Å². The zero-order valence-corrected chi connectivity index (χ0v) is 15.6. The van der Waals surface area contributed by atoms with Crippen molar-refractivity contribution in [2.24, 2.45) is 0 Å². The summed E-state index contributed by atoms with van der Waals surface area (Å²) in [5, 5.41) is 9.38. The van der Waals surface area contributed by atoms with Crippen LogP contribution in [-0.2, 0) is 14.3 Å². The highest BCUT2D eigenvalue weighted by Crippen LogP contribution is 2.39. The number of aromatic hydroxyl groups is 1. The molecule has 2 rings (SSSR count). The Balaban J connectivity index is 2.34. The molecule has 1 fully saturated rings. The Morgan fingerprint density at radius 3 is 2.35 bits per heavy atom. The molecule has 1 atom stereocenters. The summed E-state index contributed by atoms with van der Waals surface area (Å²) in [6.07, 6.45) is 1.47. The lowest BCUT2D eigenvalue weighted by atomic mass is 10.1. The van der Waals surface area contributed by atoms with Crippen LogP contribution in [0.4, 0.5) is 4.79 Å². The topological polar surface area (TPSA) is 102 Å².